The molecule has 0 aliphatic carbocycles. The highest BCUT2D eigenvalue weighted by molar-refractivity contribution is 7.89. The van der Waals surface area contributed by atoms with E-state index in [0.29, 0.717) is 0 Å². The van der Waals surface area contributed by atoms with Gasteiger partial charge < -0.3 is 9.47 Å². The first-order chi connectivity index (χ1) is 12.6. The zero-order valence-corrected chi connectivity index (χ0v) is 15.5. The van der Waals surface area contributed by atoms with Crippen molar-refractivity contribution in [2.75, 3.05) is 20.2 Å². The maximum absolute atomic E-state index is 12.7. The quantitative estimate of drug-likeness (QED) is 0.740. The molecule has 1 aliphatic rings. The number of benzene rings is 1. The molecule has 27 heavy (non-hydrogen) atoms. The molecule has 1 aliphatic heterocycles. The third-order valence-corrected chi connectivity index (χ3v) is 5.97. The van der Waals surface area contributed by atoms with Gasteiger partial charge in [-0.15, -0.1) is 0 Å². The number of ether oxygens (including phenoxy) is 2. The molecular formula is C16H14ClF3N2O4S. The van der Waals surface area contributed by atoms with E-state index in [4.69, 9.17) is 21.1 Å². The Hall–Kier alpha value is -2.04. The third kappa shape index (κ3) is 4.12. The van der Waals surface area contributed by atoms with E-state index in [9.17, 15) is 21.6 Å². The molecule has 0 unspecified atom stereocenters. The first-order valence-corrected chi connectivity index (χ1v) is 9.46. The standard InChI is InChI=1S/C16H14ClF3N2O4S/c1-25-13-3-2-10(17)6-14(13)27(23,24)22-8-12(9-22)26-11-4-5-21-15(7-11)16(18,19)20/h2-7,12H,8-9H2,1H3. The van der Waals surface area contributed by atoms with Crippen LogP contribution in [0.2, 0.25) is 5.02 Å². The van der Waals surface area contributed by atoms with Gasteiger partial charge in [0.1, 0.15) is 28.2 Å². The highest BCUT2D eigenvalue weighted by Crippen LogP contribution is 2.33. The van der Waals surface area contributed by atoms with Crippen molar-refractivity contribution in [2.45, 2.75) is 17.2 Å². The molecule has 146 valence electrons. The molecule has 1 aromatic carbocycles. The van der Waals surface area contributed by atoms with E-state index in [1.807, 2.05) is 0 Å². The van der Waals surface area contributed by atoms with Crippen molar-refractivity contribution < 1.29 is 31.1 Å². The van der Waals surface area contributed by atoms with E-state index in [-0.39, 0.29) is 34.5 Å². The lowest BCUT2D eigenvalue weighted by molar-refractivity contribution is -0.141. The molecule has 6 nitrogen and oxygen atoms in total. The molecule has 1 saturated heterocycles. The molecule has 3 rings (SSSR count). The van der Waals surface area contributed by atoms with Crippen molar-refractivity contribution in [3.63, 3.8) is 0 Å². The van der Waals surface area contributed by atoms with Gasteiger partial charge in [0.25, 0.3) is 0 Å². The average molecular weight is 423 g/mol. The Kier molecular flexibility index (Phi) is 5.24. The van der Waals surface area contributed by atoms with Crippen LogP contribution < -0.4 is 9.47 Å². The molecule has 2 aromatic rings. The smallest absolute Gasteiger partial charge is 0.433 e. The second-order valence-corrected chi connectivity index (χ2v) is 8.07. The summed E-state index contributed by atoms with van der Waals surface area (Å²) in [6, 6.07) is 6.29. The van der Waals surface area contributed by atoms with Crippen molar-refractivity contribution in [3.05, 3.63) is 47.2 Å². The second-order valence-electron chi connectivity index (χ2n) is 5.73. The van der Waals surface area contributed by atoms with Gasteiger partial charge in [0.2, 0.25) is 10.0 Å². The summed E-state index contributed by atoms with van der Waals surface area (Å²) in [5.41, 5.74) is -1.08. The SMILES string of the molecule is COc1ccc(Cl)cc1S(=O)(=O)N1CC(Oc2ccnc(C(F)(F)F)c2)C1. The van der Waals surface area contributed by atoms with Crippen LogP contribution in [0, 0.1) is 0 Å². The molecule has 0 atom stereocenters. The Morgan fingerprint density at radius 1 is 1.22 bits per heavy atom. The largest absolute Gasteiger partial charge is 0.495 e. The summed E-state index contributed by atoms with van der Waals surface area (Å²) in [5.74, 6) is 0.118. The molecule has 0 bridgehead atoms. The number of pyridine rings is 1. The van der Waals surface area contributed by atoms with Gasteiger partial charge in [-0.25, -0.2) is 8.42 Å². The molecule has 1 aromatic heterocycles. The fraction of sp³-hybridized carbons (Fsp3) is 0.312. The van der Waals surface area contributed by atoms with Gasteiger partial charge in [0.15, 0.2) is 0 Å². The molecule has 0 N–H and O–H groups in total. The highest BCUT2D eigenvalue weighted by Gasteiger charge is 2.40. The van der Waals surface area contributed by atoms with Crippen LogP contribution in [0.15, 0.2) is 41.4 Å². The van der Waals surface area contributed by atoms with Crippen LogP contribution in [-0.4, -0.2) is 44.0 Å². The van der Waals surface area contributed by atoms with E-state index in [0.717, 1.165) is 16.6 Å². The van der Waals surface area contributed by atoms with Crippen molar-refractivity contribution in [3.8, 4) is 11.5 Å². The molecule has 0 radical (unpaired) electrons. The summed E-state index contributed by atoms with van der Waals surface area (Å²) in [6.07, 6.45) is -4.17. The minimum Gasteiger partial charge on any atom is -0.495 e. The van der Waals surface area contributed by atoms with Crippen molar-refractivity contribution in [1.29, 1.82) is 0 Å². The van der Waals surface area contributed by atoms with Crippen LogP contribution >= 0.6 is 11.6 Å². The normalized spacial score (nSPS) is 16.0. The van der Waals surface area contributed by atoms with Crippen LogP contribution in [0.25, 0.3) is 0 Å². The van der Waals surface area contributed by atoms with E-state index in [1.165, 1.54) is 31.4 Å². The Bertz CT molecular complexity index is 947. The zero-order valence-electron chi connectivity index (χ0n) is 13.9. The molecule has 1 fully saturated rings. The fourth-order valence-electron chi connectivity index (χ4n) is 2.49. The number of hydrogen-bond donors (Lipinski definition) is 0. The van der Waals surface area contributed by atoms with Gasteiger partial charge in [-0.3, -0.25) is 4.98 Å². The monoisotopic (exact) mass is 422 g/mol. The predicted molar refractivity (Wildman–Crippen MR) is 90.4 cm³/mol. The van der Waals surface area contributed by atoms with Crippen LogP contribution in [-0.2, 0) is 16.2 Å². The van der Waals surface area contributed by atoms with Gasteiger partial charge in [0.05, 0.1) is 20.2 Å². The number of methoxy groups -OCH3 is 1. The van der Waals surface area contributed by atoms with Crippen LogP contribution in [0.5, 0.6) is 11.5 Å². The first kappa shape index (κ1) is 19.7. The van der Waals surface area contributed by atoms with E-state index >= 15 is 0 Å². The molecule has 0 amide bonds. The summed E-state index contributed by atoms with van der Waals surface area (Å²) in [4.78, 5) is 3.16. The van der Waals surface area contributed by atoms with Gasteiger partial charge in [0, 0.05) is 17.3 Å². The van der Waals surface area contributed by atoms with Gasteiger partial charge in [-0.1, -0.05) is 11.6 Å². The van der Waals surface area contributed by atoms with Crippen LogP contribution in [0.1, 0.15) is 5.69 Å². The van der Waals surface area contributed by atoms with Crippen molar-refractivity contribution >= 4 is 21.6 Å². The van der Waals surface area contributed by atoms with Crippen LogP contribution in [0.4, 0.5) is 13.2 Å². The van der Waals surface area contributed by atoms with Crippen molar-refractivity contribution in [1.82, 2.24) is 9.29 Å². The number of halogens is 4. The minimum absolute atomic E-state index is 0.0122. The van der Waals surface area contributed by atoms with E-state index < -0.39 is 28.0 Å². The minimum atomic E-state index is -4.59. The molecule has 11 heteroatoms. The van der Waals surface area contributed by atoms with E-state index in [1.54, 1.807) is 0 Å². The van der Waals surface area contributed by atoms with Gasteiger partial charge in [-0.05, 0) is 24.3 Å². The predicted octanol–water partition coefficient (Wildman–Crippen LogP) is 3.21. The Balaban J connectivity index is 1.70. The second kappa shape index (κ2) is 7.17. The zero-order chi connectivity index (χ0) is 19.8. The number of sulfonamides is 1. The Morgan fingerprint density at radius 3 is 2.56 bits per heavy atom. The Labute approximate surface area is 158 Å². The number of alkyl halides is 3. The summed E-state index contributed by atoms with van der Waals surface area (Å²) in [7, 11) is -2.53. The molecule has 2 heterocycles. The maximum atomic E-state index is 12.7. The number of hydrogen-bond acceptors (Lipinski definition) is 5. The summed E-state index contributed by atoms with van der Waals surface area (Å²) in [5, 5.41) is 0.235. The topological polar surface area (TPSA) is 68.7 Å². The average Bonchev–Trinajstić information content (AvgIpc) is 2.57. The maximum Gasteiger partial charge on any atom is 0.433 e. The number of nitrogens with zero attached hydrogens (tertiary/aromatic N) is 2. The molecular weight excluding hydrogens is 409 g/mol. The first-order valence-electron chi connectivity index (χ1n) is 7.65. The Morgan fingerprint density at radius 2 is 1.93 bits per heavy atom. The number of aromatic nitrogens is 1. The van der Waals surface area contributed by atoms with Gasteiger partial charge in [-0.2, -0.15) is 17.5 Å². The lowest BCUT2D eigenvalue weighted by atomic mass is 10.2. The molecule has 0 spiro atoms. The summed E-state index contributed by atoms with van der Waals surface area (Å²) < 4.78 is 75.1. The van der Waals surface area contributed by atoms with Gasteiger partial charge >= 0.3 is 6.18 Å². The summed E-state index contributed by atoms with van der Waals surface area (Å²) >= 11 is 5.87. The lowest BCUT2D eigenvalue weighted by Crippen LogP contribution is -2.56. The van der Waals surface area contributed by atoms with E-state index in [2.05, 4.69) is 4.98 Å². The van der Waals surface area contributed by atoms with Crippen molar-refractivity contribution in [2.24, 2.45) is 0 Å². The lowest BCUT2D eigenvalue weighted by Gasteiger charge is -2.38. The summed E-state index contributed by atoms with van der Waals surface area (Å²) in [6.45, 7) is -0.0245. The fourth-order valence-corrected chi connectivity index (χ4v) is 4.42. The highest BCUT2D eigenvalue weighted by atomic mass is 35.5. The third-order valence-electron chi connectivity index (χ3n) is 3.88. The van der Waals surface area contributed by atoms with Crippen LogP contribution in [0.3, 0.4) is 0 Å². The number of rotatable bonds is 5. The molecule has 0 saturated carbocycles.